The molecule has 0 heterocycles. The van der Waals surface area contributed by atoms with Crippen molar-refractivity contribution in [1.29, 1.82) is 0 Å². The highest BCUT2D eigenvalue weighted by molar-refractivity contribution is 5.95. The second-order valence-electron chi connectivity index (χ2n) is 6.70. The van der Waals surface area contributed by atoms with Crippen molar-refractivity contribution in [1.82, 2.24) is 0 Å². The first kappa shape index (κ1) is 17.7. The van der Waals surface area contributed by atoms with Gasteiger partial charge in [-0.3, -0.25) is 0 Å². The number of nitrogens with two attached hydrogens (primary N) is 2. The van der Waals surface area contributed by atoms with Gasteiger partial charge in [0.15, 0.2) is 0 Å². The lowest BCUT2D eigenvalue weighted by atomic mass is 9.99. The number of anilines is 2. The zero-order chi connectivity index (χ0) is 16.5. The third kappa shape index (κ3) is 5.46. The molecule has 0 aliphatic carbocycles. The fourth-order valence-electron chi connectivity index (χ4n) is 3.25. The van der Waals surface area contributed by atoms with E-state index in [1.807, 2.05) is 12.1 Å². The van der Waals surface area contributed by atoms with Gasteiger partial charge in [-0.15, -0.1) is 0 Å². The molecule has 2 nitrogen and oxygen atoms in total. The van der Waals surface area contributed by atoms with Crippen LogP contribution in [0.15, 0.2) is 30.3 Å². The van der Waals surface area contributed by atoms with Crippen molar-refractivity contribution >= 4 is 22.1 Å². The minimum atomic E-state index is 0.843. The van der Waals surface area contributed by atoms with Gasteiger partial charge in [-0.05, 0) is 42.0 Å². The molecule has 23 heavy (non-hydrogen) atoms. The summed E-state index contributed by atoms with van der Waals surface area (Å²) in [4.78, 5) is 0. The lowest BCUT2D eigenvalue weighted by Gasteiger charge is -2.10. The molecule has 0 saturated heterocycles. The molecule has 2 heteroatoms. The van der Waals surface area contributed by atoms with Crippen molar-refractivity contribution in [2.24, 2.45) is 0 Å². The standard InChI is InChI=1S/C21H32N2/c1-2-3-4-5-6-7-8-9-10-12-18-15-19-17(16-21(18)23)13-11-14-20(19)22/h11,13-16H,2-10,12,22-23H2,1H3. The van der Waals surface area contributed by atoms with Gasteiger partial charge in [-0.1, -0.05) is 70.4 Å². The van der Waals surface area contributed by atoms with E-state index in [1.165, 1.54) is 63.4 Å². The van der Waals surface area contributed by atoms with E-state index in [-0.39, 0.29) is 0 Å². The zero-order valence-corrected chi connectivity index (χ0v) is 14.6. The first-order chi connectivity index (χ1) is 11.2. The minimum absolute atomic E-state index is 0.843. The van der Waals surface area contributed by atoms with Crippen molar-refractivity contribution < 1.29 is 0 Å². The fourth-order valence-corrected chi connectivity index (χ4v) is 3.25. The van der Waals surface area contributed by atoms with Crippen LogP contribution in [0.1, 0.15) is 70.3 Å². The molecular formula is C21H32N2. The quantitative estimate of drug-likeness (QED) is 0.413. The van der Waals surface area contributed by atoms with E-state index in [9.17, 15) is 0 Å². The summed E-state index contributed by atoms with van der Waals surface area (Å²) < 4.78 is 0. The Morgan fingerprint density at radius 2 is 1.39 bits per heavy atom. The van der Waals surface area contributed by atoms with Crippen molar-refractivity contribution in [3.63, 3.8) is 0 Å². The molecule has 0 saturated carbocycles. The van der Waals surface area contributed by atoms with Crippen LogP contribution in [0.5, 0.6) is 0 Å². The summed E-state index contributed by atoms with van der Waals surface area (Å²) in [5.74, 6) is 0. The summed E-state index contributed by atoms with van der Waals surface area (Å²) in [7, 11) is 0. The summed E-state index contributed by atoms with van der Waals surface area (Å²) in [6.45, 7) is 2.27. The van der Waals surface area contributed by atoms with Crippen LogP contribution >= 0.6 is 0 Å². The van der Waals surface area contributed by atoms with Crippen molar-refractivity contribution in [2.45, 2.75) is 71.1 Å². The Balaban J connectivity index is 1.74. The average molecular weight is 313 g/mol. The molecule has 0 bridgehead atoms. The van der Waals surface area contributed by atoms with Crippen LogP contribution in [0.2, 0.25) is 0 Å². The Kier molecular flexibility index (Phi) is 7.25. The van der Waals surface area contributed by atoms with Crippen LogP contribution in [-0.4, -0.2) is 0 Å². The van der Waals surface area contributed by atoms with Crippen LogP contribution in [0.25, 0.3) is 10.8 Å². The summed E-state index contributed by atoms with van der Waals surface area (Å²) in [5.41, 5.74) is 15.3. The maximum Gasteiger partial charge on any atom is 0.0393 e. The normalized spacial score (nSPS) is 11.2. The number of hydrogen-bond acceptors (Lipinski definition) is 2. The van der Waals surface area contributed by atoms with Crippen molar-refractivity contribution in [3.05, 3.63) is 35.9 Å². The third-order valence-electron chi connectivity index (χ3n) is 4.72. The maximum absolute atomic E-state index is 6.20. The molecule has 0 aliphatic heterocycles. The molecule has 0 amide bonds. The van der Waals surface area contributed by atoms with Gasteiger partial charge in [0.05, 0.1) is 0 Å². The van der Waals surface area contributed by atoms with Gasteiger partial charge in [0, 0.05) is 16.8 Å². The molecular weight excluding hydrogens is 280 g/mol. The Hall–Kier alpha value is -1.70. The van der Waals surface area contributed by atoms with Gasteiger partial charge >= 0.3 is 0 Å². The van der Waals surface area contributed by atoms with Crippen LogP contribution in [0, 0.1) is 0 Å². The Labute approximate surface area is 141 Å². The van der Waals surface area contributed by atoms with Gasteiger partial charge in [-0.2, -0.15) is 0 Å². The van der Waals surface area contributed by atoms with E-state index in [0.717, 1.165) is 28.6 Å². The van der Waals surface area contributed by atoms with Gasteiger partial charge in [0.2, 0.25) is 0 Å². The van der Waals surface area contributed by atoms with Gasteiger partial charge < -0.3 is 11.5 Å². The van der Waals surface area contributed by atoms with Crippen LogP contribution in [-0.2, 0) is 6.42 Å². The first-order valence-electron chi connectivity index (χ1n) is 9.29. The second-order valence-corrected chi connectivity index (χ2v) is 6.70. The van der Waals surface area contributed by atoms with Gasteiger partial charge in [0.1, 0.15) is 0 Å². The minimum Gasteiger partial charge on any atom is -0.398 e. The zero-order valence-electron chi connectivity index (χ0n) is 14.6. The molecule has 0 aromatic heterocycles. The number of unbranched alkanes of at least 4 members (excludes halogenated alkanes) is 8. The van der Waals surface area contributed by atoms with E-state index in [1.54, 1.807) is 0 Å². The predicted molar refractivity (Wildman–Crippen MR) is 104 cm³/mol. The number of rotatable bonds is 10. The number of benzene rings is 2. The first-order valence-corrected chi connectivity index (χ1v) is 9.29. The molecule has 2 aromatic rings. The van der Waals surface area contributed by atoms with Crippen LogP contribution in [0.4, 0.5) is 11.4 Å². The number of hydrogen-bond donors (Lipinski definition) is 2. The highest BCUT2D eigenvalue weighted by atomic mass is 14.6. The van der Waals surface area contributed by atoms with Crippen molar-refractivity contribution in [3.8, 4) is 0 Å². The predicted octanol–water partition coefficient (Wildman–Crippen LogP) is 6.08. The molecule has 4 N–H and O–H groups in total. The molecule has 2 aromatic carbocycles. The summed E-state index contributed by atoms with van der Waals surface area (Å²) >= 11 is 0. The molecule has 0 unspecified atom stereocenters. The number of aryl methyl sites for hydroxylation is 1. The fraction of sp³-hybridized carbons (Fsp3) is 0.524. The monoisotopic (exact) mass is 312 g/mol. The van der Waals surface area contributed by atoms with E-state index in [4.69, 9.17) is 11.5 Å². The van der Waals surface area contributed by atoms with E-state index in [0.29, 0.717) is 0 Å². The van der Waals surface area contributed by atoms with E-state index in [2.05, 4.69) is 25.1 Å². The molecule has 0 radical (unpaired) electrons. The smallest absolute Gasteiger partial charge is 0.0393 e. The third-order valence-corrected chi connectivity index (χ3v) is 4.72. The lowest BCUT2D eigenvalue weighted by Crippen LogP contribution is -1.97. The average Bonchev–Trinajstić information content (AvgIpc) is 2.54. The second kappa shape index (κ2) is 9.44. The van der Waals surface area contributed by atoms with E-state index >= 15 is 0 Å². The Bertz CT molecular complexity index is 604. The van der Waals surface area contributed by atoms with Crippen molar-refractivity contribution in [2.75, 3.05) is 11.5 Å². The SMILES string of the molecule is CCCCCCCCCCCc1cc2c(N)cccc2cc1N. The molecule has 2 rings (SSSR count). The highest BCUT2D eigenvalue weighted by Crippen LogP contribution is 2.27. The highest BCUT2D eigenvalue weighted by Gasteiger charge is 2.04. The summed E-state index contributed by atoms with van der Waals surface area (Å²) in [5, 5.41) is 2.27. The van der Waals surface area contributed by atoms with Gasteiger partial charge in [0.25, 0.3) is 0 Å². The number of fused-ring (bicyclic) bond motifs is 1. The van der Waals surface area contributed by atoms with E-state index < -0.39 is 0 Å². The largest absolute Gasteiger partial charge is 0.398 e. The number of nitrogen functional groups attached to an aromatic ring is 2. The molecule has 0 atom stereocenters. The Morgan fingerprint density at radius 1 is 0.739 bits per heavy atom. The molecule has 0 aliphatic rings. The van der Waals surface area contributed by atoms with Crippen LogP contribution in [0.3, 0.4) is 0 Å². The Morgan fingerprint density at radius 3 is 2.09 bits per heavy atom. The summed E-state index contributed by atoms with van der Waals surface area (Å²) in [6, 6.07) is 10.3. The summed E-state index contributed by atoms with van der Waals surface area (Å²) in [6.07, 6.45) is 13.2. The lowest BCUT2D eigenvalue weighted by molar-refractivity contribution is 0.565. The molecule has 0 fully saturated rings. The van der Waals surface area contributed by atoms with Crippen LogP contribution < -0.4 is 11.5 Å². The molecule has 0 spiro atoms. The topological polar surface area (TPSA) is 52.0 Å². The molecule has 126 valence electrons. The van der Waals surface area contributed by atoms with Gasteiger partial charge in [-0.25, -0.2) is 0 Å². The maximum atomic E-state index is 6.20.